The van der Waals surface area contributed by atoms with Crippen LogP contribution in [0, 0.1) is 10.1 Å². The van der Waals surface area contributed by atoms with Gasteiger partial charge in [-0.15, -0.1) is 0 Å². The van der Waals surface area contributed by atoms with E-state index in [2.05, 4.69) is 5.32 Å². The lowest BCUT2D eigenvalue weighted by atomic mass is 10.1. The maximum Gasteiger partial charge on any atom is 0.341 e. The summed E-state index contributed by atoms with van der Waals surface area (Å²) in [4.78, 5) is 34.5. The van der Waals surface area contributed by atoms with E-state index in [-0.39, 0.29) is 22.0 Å². The van der Waals surface area contributed by atoms with E-state index in [1.165, 1.54) is 31.2 Å². The first kappa shape index (κ1) is 19.5. The van der Waals surface area contributed by atoms with Gasteiger partial charge in [-0.1, -0.05) is 23.2 Å². The molecule has 26 heavy (non-hydrogen) atoms. The van der Waals surface area contributed by atoms with Crippen molar-refractivity contribution in [3.63, 3.8) is 0 Å². The standard InChI is InChI=1S/C16H13Cl2N3O5/c1-8(15(22)20-14-5-2-9(17)6-12(14)18)26-16(23)11-7-10(21(24)25)3-4-13(11)19/h2-8H,19H2,1H3,(H,20,22)/t8-/m1/s1. The zero-order chi connectivity index (χ0) is 19.4. The molecule has 0 saturated heterocycles. The molecule has 0 bridgehead atoms. The zero-order valence-corrected chi connectivity index (χ0v) is 14.9. The molecule has 0 aliphatic carbocycles. The monoisotopic (exact) mass is 397 g/mol. The van der Waals surface area contributed by atoms with Crippen LogP contribution in [0.25, 0.3) is 0 Å². The molecule has 2 rings (SSSR count). The summed E-state index contributed by atoms with van der Waals surface area (Å²) < 4.78 is 5.03. The van der Waals surface area contributed by atoms with E-state index in [9.17, 15) is 19.7 Å². The Bertz CT molecular complexity index is 888. The highest BCUT2D eigenvalue weighted by atomic mass is 35.5. The summed E-state index contributed by atoms with van der Waals surface area (Å²) in [5, 5.41) is 13.9. The summed E-state index contributed by atoms with van der Waals surface area (Å²) in [5.41, 5.74) is 5.40. The van der Waals surface area contributed by atoms with Crippen molar-refractivity contribution in [2.24, 2.45) is 0 Å². The van der Waals surface area contributed by atoms with Crippen LogP contribution in [-0.2, 0) is 9.53 Å². The summed E-state index contributed by atoms with van der Waals surface area (Å²) in [6.07, 6.45) is -1.20. The molecule has 0 heterocycles. The summed E-state index contributed by atoms with van der Waals surface area (Å²) in [7, 11) is 0. The zero-order valence-electron chi connectivity index (χ0n) is 13.4. The first-order chi connectivity index (χ1) is 12.2. The number of esters is 1. The minimum absolute atomic E-state index is 0.00560. The third-order valence-electron chi connectivity index (χ3n) is 3.31. The fourth-order valence-corrected chi connectivity index (χ4v) is 2.39. The Balaban J connectivity index is 2.10. The molecule has 0 radical (unpaired) electrons. The number of amides is 1. The molecule has 2 aromatic carbocycles. The van der Waals surface area contributed by atoms with Crippen LogP contribution in [0.2, 0.25) is 10.0 Å². The van der Waals surface area contributed by atoms with E-state index in [0.29, 0.717) is 10.7 Å². The smallest absolute Gasteiger partial charge is 0.341 e. The number of nitro benzene ring substituents is 1. The second kappa shape index (κ2) is 8.03. The molecule has 0 fully saturated rings. The summed E-state index contributed by atoms with van der Waals surface area (Å²) >= 11 is 11.7. The fourth-order valence-electron chi connectivity index (χ4n) is 1.94. The van der Waals surface area contributed by atoms with Gasteiger partial charge < -0.3 is 15.8 Å². The average molecular weight is 398 g/mol. The summed E-state index contributed by atoms with van der Waals surface area (Å²) in [6.45, 7) is 1.34. The topological polar surface area (TPSA) is 125 Å². The Morgan fingerprint density at radius 2 is 1.92 bits per heavy atom. The van der Waals surface area contributed by atoms with E-state index < -0.39 is 22.9 Å². The normalized spacial score (nSPS) is 11.5. The van der Waals surface area contributed by atoms with Crippen molar-refractivity contribution in [3.05, 3.63) is 62.1 Å². The van der Waals surface area contributed by atoms with Gasteiger partial charge in [-0.2, -0.15) is 0 Å². The van der Waals surface area contributed by atoms with E-state index in [1.807, 2.05) is 0 Å². The minimum atomic E-state index is -1.20. The molecule has 0 saturated carbocycles. The number of rotatable bonds is 5. The van der Waals surface area contributed by atoms with Crippen molar-refractivity contribution >= 4 is 52.1 Å². The summed E-state index contributed by atoms with van der Waals surface area (Å²) in [6, 6.07) is 7.83. The van der Waals surface area contributed by atoms with Crippen LogP contribution in [0.4, 0.5) is 17.1 Å². The lowest BCUT2D eigenvalue weighted by molar-refractivity contribution is -0.384. The number of non-ortho nitro benzene ring substituents is 1. The van der Waals surface area contributed by atoms with Gasteiger partial charge in [-0.25, -0.2) is 4.79 Å². The van der Waals surface area contributed by atoms with E-state index in [1.54, 1.807) is 0 Å². The van der Waals surface area contributed by atoms with Crippen LogP contribution in [0.1, 0.15) is 17.3 Å². The third-order valence-corrected chi connectivity index (χ3v) is 3.86. The van der Waals surface area contributed by atoms with E-state index in [0.717, 1.165) is 12.1 Å². The number of nitrogens with zero attached hydrogens (tertiary/aromatic N) is 1. The molecule has 0 unspecified atom stereocenters. The van der Waals surface area contributed by atoms with Gasteiger partial charge >= 0.3 is 5.97 Å². The Morgan fingerprint density at radius 1 is 1.23 bits per heavy atom. The van der Waals surface area contributed by atoms with Crippen LogP contribution in [-0.4, -0.2) is 22.9 Å². The highest BCUT2D eigenvalue weighted by Crippen LogP contribution is 2.26. The van der Waals surface area contributed by atoms with Crippen LogP contribution < -0.4 is 11.1 Å². The third kappa shape index (κ3) is 4.62. The largest absolute Gasteiger partial charge is 0.449 e. The van der Waals surface area contributed by atoms with Crippen molar-refractivity contribution in [1.29, 1.82) is 0 Å². The minimum Gasteiger partial charge on any atom is -0.449 e. The van der Waals surface area contributed by atoms with Crippen LogP contribution >= 0.6 is 23.2 Å². The molecule has 10 heteroatoms. The highest BCUT2D eigenvalue weighted by Gasteiger charge is 2.23. The number of nitrogen functional groups attached to an aromatic ring is 1. The molecule has 1 atom stereocenters. The van der Waals surface area contributed by atoms with Gasteiger partial charge in [0.15, 0.2) is 6.10 Å². The second-order valence-electron chi connectivity index (χ2n) is 5.19. The SMILES string of the molecule is C[C@@H](OC(=O)c1cc([N+](=O)[O-])ccc1N)C(=O)Nc1ccc(Cl)cc1Cl. The van der Waals surface area contributed by atoms with Crippen molar-refractivity contribution in [1.82, 2.24) is 0 Å². The number of hydrogen-bond donors (Lipinski definition) is 2. The van der Waals surface area contributed by atoms with Gasteiger partial charge in [0.05, 0.1) is 21.2 Å². The molecule has 0 aliphatic rings. The Hall–Kier alpha value is -2.84. The number of halogens is 2. The molecule has 3 N–H and O–H groups in total. The molecule has 0 aromatic heterocycles. The molecular formula is C16H13Cl2N3O5. The molecule has 8 nitrogen and oxygen atoms in total. The number of anilines is 2. The average Bonchev–Trinajstić information content (AvgIpc) is 2.57. The number of carbonyl (C=O) groups is 2. The molecule has 1 amide bonds. The van der Waals surface area contributed by atoms with Crippen molar-refractivity contribution in [2.45, 2.75) is 13.0 Å². The first-order valence-corrected chi connectivity index (χ1v) is 7.95. The number of ether oxygens (including phenoxy) is 1. The lowest BCUT2D eigenvalue weighted by Gasteiger charge is -2.15. The number of hydrogen-bond acceptors (Lipinski definition) is 6. The van der Waals surface area contributed by atoms with Crippen molar-refractivity contribution < 1.29 is 19.2 Å². The number of nitrogens with two attached hydrogens (primary N) is 1. The number of benzene rings is 2. The quantitative estimate of drug-likeness (QED) is 0.343. The number of carbonyl (C=O) groups excluding carboxylic acids is 2. The van der Waals surface area contributed by atoms with Gasteiger partial charge in [0, 0.05) is 22.8 Å². The first-order valence-electron chi connectivity index (χ1n) is 7.20. The van der Waals surface area contributed by atoms with Gasteiger partial charge in [0.2, 0.25) is 0 Å². The molecule has 0 aliphatic heterocycles. The van der Waals surface area contributed by atoms with Crippen molar-refractivity contribution in [2.75, 3.05) is 11.1 Å². The number of nitrogens with one attached hydrogen (secondary N) is 1. The molecule has 2 aromatic rings. The van der Waals surface area contributed by atoms with Gasteiger partial charge in [-0.3, -0.25) is 14.9 Å². The lowest BCUT2D eigenvalue weighted by Crippen LogP contribution is -2.30. The molecule has 136 valence electrons. The second-order valence-corrected chi connectivity index (χ2v) is 6.03. The van der Waals surface area contributed by atoms with Crippen LogP contribution in [0.5, 0.6) is 0 Å². The van der Waals surface area contributed by atoms with Gasteiger partial charge in [0.1, 0.15) is 0 Å². The Morgan fingerprint density at radius 3 is 2.54 bits per heavy atom. The van der Waals surface area contributed by atoms with Crippen LogP contribution in [0.15, 0.2) is 36.4 Å². The molecule has 0 spiro atoms. The predicted molar refractivity (Wildman–Crippen MR) is 97.5 cm³/mol. The maximum absolute atomic E-state index is 12.2. The van der Waals surface area contributed by atoms with Crippen molar-refractivity contribution in [3.8, 4) is 0 Å². The van der Waals surface area contributed by atoms with Crippen LogP contribution in [0.3, 0.4) is 0 Å². The number of nitro groups is 1. The molecular weight excluding hydrogens is 385 g/mol. The Kier molecular flexibility index (Phi) is 6.01. The Labute approximate surface area is 158 Å². The predicted octanol–water partition coefficient (Wildman–Crippen LogP) is 3.67. The van der Waals surface area contributed by atoms with Gasteiger partial charge in [0.25, 0.3) is 11.6 Å². The summed E-state index contributed by atoms with van der Waals surface area (Å²) in [5.74, 6) is -1.61. The highest BCUT2D eigenvalue weighted by molar-refractivity contribution is 6.36. The van der Waals surface area contributed by atoms with E-state index in [4.69, 9.17) is 33.7 Å². The van der Waals surface area contributed by atoms with E-state index >= 15 is 0 Å². The maximum atomic E-state index is 12.2. The fraction of sp³-hybridized carbons (Fsp3) is 0.125. The van der Waals surface area contributed by atoms with Gasteiger partial charge in [-0.05, 0) is 31.2 Å².